The van der Waals surface area contributed by atoms with Crippen molar-refractivity contribution >= 4 is 28.8 Å². The molecule has 0 amide bonds. The van der Waals surface area contributed by atoms with Crippen molar-refractivity contribution in [3.05, 3.63) is 94.5 Å². The molecule has 0 aliphatic rings. The monoisotopic (exact) mass is 401 g/mol. The van der Waals surface area contributed by atoms with Crippen LogP contribution in [0.4, 0.5) is 0 Å². The molecule has 3 rings (SSSR count). The number of benzene rings is 3. The van der Waals surface area contributed by atoms with Gasteiger partial charge in [0.1, 0.15) is 0 Å². The smallest absolute Gasteiger partial charge is 0.194 e. The number of nitrogens with zero attached hydrogens (tertiary/aromatic N) is 1. The predicted molar refractivity (Wildman–Crippen MR) is 123 cm³/mol. The minimum Gasteiger partial charge on any atom is -0.350 e. The minimum absolute atomic E-state index is 0.0169. The number of ketones is 1. The molecule has 0 heterocycles. The molecular weight excluding hydrogens is 378 g/mol. The van der Waals surface area contributed by atoms with E-state index in [1.165, 1.54) is 0 Å². The SMILES string of the molecule is CC(=S)O/N=C(/C)c1ccc(C)c(-c2cc(C(=O)c3ccccc3)ccc2C)c1. The van der Waals surface area contributed by atoms with Gasteiger partial charge in [-0.15, -0.1) is 0 Å². The van der Waals surface area contributed by atoms with Crippen LogP contribution in [0.2, 0.25) is 0 Å². The standard InChI is InChI=1S/C25H23NO2S/c1-16-10-12-21(18(3)26-28-19(4)29)14-23(16)24-15-22(13-11-17(24)2)25(27)20-8-6-5-7-9-20/h5-15H,1-4H3/b26-18-. The fourth-order valence-corrected chi connectivity index (χ4v) is 3.17. The van der Waals surface area contributed by atoms with Crippen molar-refractivity contribution in [2.45, 2.75) is 27.7 Å². The summed E-state index contributed by atoms with van der Waals surface area (Å²) in [6.45, 7) is 7.69. The summed E-state index contributed by atoms with van der Waals surface area (Å²) >= 11 is 4.92. The maximum Gasteiger partial charge on any atom is 0.194 e. The summed E-state index contributed by atoms with van der Waals surface area (Å²) in [7, 11) is 0. The van der Waals surface area contributed by atoms with Crippen LogP contribution in [-0.4, -0.2) is 16.5 Å². The average molecular weight is 402 g/mol. The molecule has 3 aromatic rings. The molecule has 3 nitrogen and oxygen atoms in total. The molecule has 0 spiro atoms. The maximum atomic E-state index is 12.9. The molecule has 0 saturated carbocycles. The van der Waals surface area contributed by atoms with Crippen molar-refractivity contribution in [1.29, 1.82) is 0 Å². The first-order valence-corrected chi connectivity index (χ1v) is 9.81. The quantitative estimate of drug-likeness (QED) is 0.218. The van der Waals surface area contributed by atoms with E-state index in [1.807, 2.05) is 61.5 Å². The lowest BCUT2D eigenvalue weighted by Gasteiger charge is -2.13. The van der Waals surface area contributed by atoms with E-state index in [1.54, 1.807) is 6.92 Å². The van der Waals surface area contributed by atoms with Crippen molar-refractivity contribution in [1.82, 2.24) is 0 Å². The maximum absolute atomic E-state index is 12.9. The molecule has 0 aliphatic carbocycles. The van der Waals surface area contributed by atoms with Gasteiger partial charge in [-0.2, -0.15) is 0 Å². The van der Waals surface area contributed by atoms with Crippen LogP contribution in [0, 0.1) is 13.8 Å². The molecule has 0 aromatic heterocycles. The number of oxime groups is 1. The van der Waals surface area contributed by atoms with Gasteiger partial charge in [-0.1, -0.05) is 59.8 Å². The Morgan fingerprint density at radius 3 is 1.93 bits per heavy atom. The number of aryl methyl sites for hydroxylation is 2. The molecule has 0 fully saturated rings. The second-order valence-electron chi connectivity index (χ2n) is 7.01. The Morgan fingerprint density at radius 2 is 1.34 bits per heavy atom. The molecule has 0 atom stereocenters. The van der Waals surface area contributed by atoms with Crippen LogP contribution in [0.1, 0.15) is 46.5 Å². The molecule has 29 heavy (non-hydrogen) atoms. The second kappa shape index (κ2) is 8.93. The largest absolute Gasteiger partial charge is 0.350 e. The van der Waals surface area contributed by atoms with Crippen LogP contribution < -0.4 is 0 Å². The molecule has 0 unspecified atom stereocenters. The first kappa shape index (κ1) is 20.6. The lowest BCUT2D eigenvalue weighted by Crippen LogP contribution is -2.03. The summed E-state index contributed by atoms with van der Waals surface area (Å²) in [6.07, 6.45) is 0. The minimum atomic E-state index is 0.0169. The van der Waals surface area contributed by atoms with Crippen molar-refractivity contribution in [2.24, 2.45) is 5.16 Å². The van der Waals surface area contributed by atoms with Gasteiger partial charge >= 0.3 is 0 Å². The van der Waals surface area contributed by atoms with Crippen LogP contribution in [0.3, 0.4) is 0 Å². The molecule has 4 heteroatoms. The van der Waals surface area contributed by atoms with Crippen molar-refractivity contribution in [2.75, 3.05) is 0 Å². The van der Waals surface area contributed by atoms with Gasteiger partial charge in [-0.25, -0.2) is 0 Å². The molecule has 0 bridgehead atoms. The van der Waals surface area contributed by atoms with Crippen molar-refractivity contribution in [3.8, 4) is 11.1 Å². The van der Waals surface area contributed by atoms with Gasteiger partial charge in [-0.05, 0) is 72.9 Å². The highest BCUT2D eigenvalue weighted by molar-refractivity contribution is 7.80. The third-order valence-electron chi connectivity index (χ3n) is 4.79. The summed E-state index contributed by atoms with van der Waals surface area (Å²) in [4.78, 5) is 18.0. The van der Waals surface area contributed by atoms with Gasteiger partial charge in [0.15, 0.2) is 10.8 Å². The Balaban J connectivity index is 2.04. The van der Waals surface area contributed by atoms with Crippen LogP contribution in [0.25, 0.3) is 11.1 Å². The highest BCUT2D eigenvalue weighted by Gasteiger charge is 2.13. The zero-order valence-corrected chi connectivity index (χ0v) is 17.8. The zero-order chi connectivity index (χ0) is 21.0. The van der Waals surface area contributed by atoms with E-state index in [2.05, 4.69) is 31.1 Å². The number of hydrogen-bond acceptors (Lipinski definition) is 4. The topological polar surface area (TPSA) is 38.7 Å². The third kappa shape index (κ3) is 4.84. The number of carbonyl (C=O) groups is 1. The summed E-state index contributed by atoms with van der Waals surface area (Å²) in [5.41, 5.74) is 7.37. The first-order chi connectivity index (χ1) is 13.9. The number of thiocarbonyl (C=S) groups is 1. The molecule has 0 radical (unpaired) electrons. The number of carbonyl (C=O) groups excluding carboxylic acids is 1. The number of rotatable bonds is 5. The summed E-state index contributed by atoms with van der Waals surface area (Å²) < 4.78 is 0. The van der Waals surface area contributed by atoms with Gasteiger partial charge in [0.25, 0.3) is 0 Å². The highest BCUT2D eigenvalue weighted by atomic mass is 32.1. The van der Waals surface area contributed by atoms with E-state index in [9.17, 15) is 4.79 Å². The lowest BCUT2D eigenvalue weighted by atomic mass is 9.91. The van der Waals surface area contributed by atoms with Crippen molar-refractivity contribution < 1.29 is 9.63 Å². The van der Waals surface area contributed by atoms with Crippen LogP contribution in [0.5, 0.6) is 0 Å². The average Bonchev–Trinajstić information content (AvgIpc) is 2.73. The zero-order valence-electron chi connectivity index (χ0n) is 17.0. The second-order valence-corrected chi connectivity index (χ2v) is 7.59. The van der Waals surface area contributed by atoms with Gasteiger partial charge in [-0.3, -0.25) is 4.79 Å². The van der Waals surface area contributed by atoms with E-state index >= 15 is 0 Å². The van der Waals surface area contributed by atoms with E-state index in [4.69, 9.17) is 17.1 Å². The van der Waals surface area contributed by atoms with Crippen molar-refractivity contribution in [3.63, 3.8) is 0 Å². The highest BCUT2D eigenvalue weighted by Crippen LogP contribution is 2.29. The molecule has 146 valence electrons. The Kier molecular flexibility index (Phi) is 6.35. The summed E-state index contributed by atoms with van der Waals surface area (Å²) in [6, 6.07) is 21.3. The Bertz CT molecular complexity index is 1100. The third-order valence-corrected chi connectivity index (χ3v) is 4.87. The van der Waals surface area contributed by atoms with Crippen LogP contribution >= 0.6 is 12.2 Å². The fourth-order valence-electron chi connectivity index (χ4n) is 3.13. The molecule has 0 saturated heterocycles. The lowest BCUT2D eigenvalue weighted by molar-refractivity contribution is 0.103. The summed E-state index contributed by atoms with van der Waals surface area (Å²) in [5.74, 6) is 0.0169. The first-order valence-electron chi connectivity index (χ1n) is 9.41. The molecule has 3 aromatic carbocycles. The van der Waals surface area contributed by atoms with E-state index in [0.717, 1.165) is 33.5 Å². The Morgan fingerprint density at radius 1 is 0.793 bits per heavy atom. The normalized spacial score (nSPS) is 11.2. The van der Waals surface area contributed by atoms with Gasteiger partial charge < -0.3 is 4.84 Å². The van der Waals surface area contributed by atoms with Crippen LogP contribution in [0.15, 0.2) is 71.9 Å². The number of hydrogen-bond donors (Lipinski definition) is 0. The van der Waals surface area contributed by atoms with E-state index in [-0.39, 0.29) is 5.78 Å². The van der Waals surface area contributed by atoms with Crippen LogP contribution in [-0.2, 0) is 4.84 Å². The fraction of sp³-hybridized carbons (Fsp3) is 0.160. The molecular formula is C25H23NO2S. The molecule has 0 N–H and O–H groups in total. The predicted octanol–water partition coefficient (Wildman–Crippen LogP) is 6.29. The van der Waals surface area contributed by atoms with E-state index in [0.29, 0.717) is 16.2 Å². The summed E-state index contributed by atoms with van der Waals surface area (Å²) in [5, 5.41) is 4.46. The van der Waals surface area contributed by atoms with Gasteiger partial charge in [0.2, 0.25) is 0 Å². The Hall–Kier alpha value is -3.11. The van der Waals surface area contributed by atoms with Gasteiger partial charge in [0, 0.05) is 18.1 Å². The van der Waals surface area contributed by atoms with E-state index < -0.39 is 0 Å². The molecule has 0 aliphatic heterocycles. The van der Waals surface area contributed by atoms with Gasteiger partial charge in [0.05, 0.1) is 5.71 Å². The Labute approximate surface area is 177 Å².